The lowest BCUT2D eigenvalue weighted by Crippen LogP contribution is -2.32. The molecule has 1 fully saturated rings. The summed E-state index contributed by atoms with van der Waals surface area (Å²) in [5.74, 6) is 1.11. The summed E-state index contributed by atoms with van der Waals surface area (Å²) in [6, 6.07) is 7.12. The second-order valence-corrected chi connectivity index (χ2v) is 6.22. The average Bonchev–Trinajstić information content (AvgIpc) is 2.90. The maximum absolute atomic E-state index is 12.6. The van der Waals surface area contributed by atoms with Crippen molar-refractivity contribution in [3.63, 3.8) is 0 Å². The summed E-state index contributed by atoms with van der Waals surface area (Å²) in [5.41, 5.74) is 1.91. The Labute approximate surface area is 152 Å². The minimum Gasteiger partial charge on any atom is -0.494 e. The van der Waals surface area contributed by atoms with Crippen molar-refractivity contribution < 1.29 is 14.3 Å². The summed E-state index contributed by atoms with van der Waals surface area (Å²) < 4.78 is 5.62. The molecule has 3 amide bonds. The van der Waals surface area contributed by atoms with Crippen LogP contribution in [0, 0.1) is 6.92 Å². The quantitative estimate of drug-likeness (QED) is 0.714. The van der Waals surface area contributed by atoms with Gasteiger partial charge in [-0.25, -0.2) is 14.8 Å². The van der Waals surface area contributed by atoms with E-state index in [4.69, 9.17) is 4.74 Å². The second kappa shape index (κ2) is 7.95. The highest BCUT2D eigenvalue weighted by atomic mass is 16.5. The van der Waals surface area contributed by atoms with Crippen molar-refractivity contribution in [2.45, 2.75) is 33.4 Å². The van der Waals surface area contributed by atoms with Crippen LogP contribution >= 0.6 is 0 Å². The Hall–Kier alpha value is -2.96. The van der Waals surface area contributed by atoms with Gasteiger partial charge < -0.3 is 9.64 Å². The molecular weight excluding hydrogens is 332 g/mol. The predicted molar refractivity (Wildman–Crippen MR) is 95.4 cm³/mol. The minimum absolute atomic E-state index is 0.0494. The molecule has 0 N–H and O–H groups in total. The van der Waals surface area contributed by atoms with E-state index in [1.165, 1.54) is 9.80 Å². The molecule has 0 spiro atoms. The molecule has 1 aliphatic rings. The number of benzene rings is 1. The molecule has 7 heteroatoms. The molecule has 0 unspecified atom stereocenters. The first-order valence-corrected chi connectivity index (χ1v) is 8.66. The van der Waals surface area contributed by atoms with Crippen LogP contribution in [0.2, 0.25) is 0 Å². The molecule has 2 aromatic rings. The maximum atomic E-state index is 12.6. The Balaban J connectivity index is 1.68. The Morgan fingerprint density at radius 3 is 2.62 bits per heavy atom. The molecular formula is C19H22N4O3. The molecule has 26 heavy (non-hydrogen) atoms. The number of hydrogen-bond acceptors (Lipinski definition) is 5. The molecule has 1 aromatic heterocycles. The van der Waals surface area contributed by atoms with Crippen molar-refractivity contribution in [2.24, 2.45) is 0 Å². The number of urea groups is 1. The molecule has 1 aromatic carbocycles. The van der Waals surface area contributed by atoms with E-state index in [0.29, 0.717) is 12.4 Å². The molecule has 0 aliphatic carbocycles. The Morgan fingerprint density at radius 2 is 1.92 bits per heavy atom. The van der Waals surface area contributed by atoms with E-state index < -0.39 is 0 Å². The van der Waals surface area contributed by atoms with Gasteiger partial charge in [-0.2, -0.15) is 0 Å². The molecule has 1 saturated heterocycles. The second-order valence-electron chi connectivity index (χ2n) is 6.22. The topological polar surface area (TPSA) is 75.6 Å². The summed E-state index contributed by atoms with van der Waals surface area (Å²) in [4.78, 5) is 35.9. The van der Waals surface area contributed by atoms with Crippen LogP contribution in [0.25, 0.3) is 0 Å². The first kappa shape index (κ1) is 17.8. The minimum atomic E-state index is -0.312. The smallest absolute Gasteiger partial charge is 0.327 e. The molecule has 3 rings (SSSR count). The van der Waals surface area contributed by atoms with Crippen LogP contribution < -0.4 is 4.74 Å². The lowest BCUT2D eigenvalue weighted by molar-refractivity contribution is -0.125. The van der Waals surface area contributed by atoms with Crippen LogP contribution in [0.15, 0.2) is 36.7 Å². The fourth-order valence-corrected chi connectivity index (χ4v) is 2.78. The van der Waals surface area contributed by atoms with E-state index in [1.54, 1.807) is 18.5 Å². The van der Waals surface area contributed by atoms with Gasteiger partial charge >= 0.3 is 6.03 Å². The van der Waals surface area contributed by atoms with Crippen LogP contribution in [0.3, 0.4) is 0 Å². The Bertz CT molecular complexity index is 795. The number of carbonyl (C=O) groups is 2. The molecule has 136 valence electrons. The average molecular weight is 354 g/mol. The third-order valence-corrected chi connectivity index (χ3v) is 4.20. The maximum Gasteiger partial charge on any atom is 0.327 e. The number of aryl methyl sites for hydroxylation is 1. The summed E-state index contributed by atoms with van der Waals surface area (Å²) in [6.45, 7) is 5.20. The normalized spacial score (nSPS) is 14.2. The van der Waals surface area contributed by atoms with Crippen molar-refractivity contribution in [3.8, 4) is 5.75 Å². The van der Waals surface area contributed by atoms with Gasteiger partial charge in [0.05, 0.1) is 19.7 Å². The number of hydrogen-bond donors (Lipinski definition) is 0. The molecule has 0 saturated carbocycles. The molecule has 1 aliphatic heterocycles. The number of rotatable bonds is 7. The molecule has 7 nitrogen and oxygen atoms in total. The van der Waals surface area contributed by atoms with E-state index in [-0.39, 0.29) is 31.6 Å². The van der Waals surface area contributed by atoms with E-state index in [9.17, 15) is 9.59 Å². The predicted octanol–water partition coefficient (Wildman–Crippen LogP) is 2.54. The number of amides is 3. The summed E-state index contributed by atoms with van der Waals surface area (Å²) in [6.07, 6.45) is 4.18. The monoisotopic (exact) mass is 354 g/mol. The summed E-state index contributed by atoms with van der Waals surface area (Å²) in [7, 11) is 0. The number of ether oxygens (including phenoxy) is 1. The highest BCUT2D eigenvalue weighted by molar-refractivity contribution is 6.01. The fraction of sp³-hybridized carbons (Fsp3) is 0.368. The van der Waals surface area contributed by atoms with Crippen LogP contribution in [0.4, 0.5) is 4.79 Å². The van der Waals surface area contributed by atoms with Gasteiger partial charge in [0.25, 0.3) is 5.91 Å². The van der Waals surface area contributed by atoms with Gasteiger partial charge in [-0.05, 0) is 42.7 Å². The van der Waals surface area contributed by atoms with Crippen molar-refractivity contribution >= 4 is 11.9 Å². The highest BCUT2D eigenvalue weighted by Gasteiger charge is 2.36. The summed E-state index contributed by atoms with van der Waals surface area (Å²) in [5, 5.41) is 0. The number of nitrogens with zero attached hydrogens (tertiary/aromatic N) is 4. The number of aromatic nitrogens is 2. The molecule has 0 radical (unpaired) electrons. The molecule has 0 atom stereocenters. The van der Waals surface area contributed by atoms with Gasteiger partial charge in [-0.3, -0.25) is 9.69 Å². The lowest BCUT2D eigenvalue weighted by Gasteiger charge is -2.18. The van der Waals surface area contributed by atoms with Crippen molar-refractivity contribution in [2.75, 3.05) is 13.2 Å². The SMILES string of the molecule is CCCOc1ccc(CN2C(=O)CN(Cc3ncccn3)C2=O)c(C)c1. The first-order chi connectivity index (χ1) is 12.6. The van der Waals surface area contributed by atoms with Gasteiger partial charge in [0.15, 0.2) is 0 Å². The standard InChI is InChI=1S/C19H22N4O3/c1-3-9-26-16-6-5-15(14(2)10-16)11-23-18(24)13-22(19(23)25)12-17-20-7-4-8-21-17/h4-8,10H,3,9,11-13H2,1-2H3. The zero-order valence-electron chi connectivity index (χ0n) is 15.0. The van der Waals surface area contributed by atoms with Crippen molar-refractivity contribution in [1.82, 2.24) is 19.8 Å². The third kappa shape index (κ3) is 3.99. The van der Waals surface area contributed by atoms with E-state index in [0.717, 1.165) is 23.3 Å². The largest absolute Gasteiger partial charge is 0.494 e. The van der Waals surface area contributed by atoms with Crippen molar-refractivity contribution in [3.05, 3.63) is 53.6 Å². The number of carbonyl (C=O) groups excluding carboxylic acids is 2. The fourth-order valence-electron chi connectivity index (χ4n) is 2.78. The lowest BCUT2D eigenvalue weighted by atomic mass is 10.1. The van der Waals surface area contributed by atoms with Gasteiger partial charge in [0.2, 0.25) is 0 Å². The first-order valence-electron chi connectivity index (χ1n) is 8.66. The summed E-state index contributed by atoms with van der Waals surface area (Å²) >= 11 is 0. The van der Waals surface area contributed by atoms with E-state index in [1.807, 2.05) is 25.1 Å². The third-order valence-electron chi connectivity index (χ3n) is 4.20. The van der Waals surface area contributed by atoms with Crippen LogP contribution in [-0.4, -0.2) is 44.9 Å². The van der Waals surface area contributed by atoms with Crippen LogP contribution in [0.1, 0.15) is 30.3 Å². The number of imide groups is 1. The molecule has 0 bridgehead atoms. The van der Waals surface area contributed by atoms with Gasteiger partial charge in [-0.15, -0.1) is 0 Å². The van der Waals surface area contributed by atoms with Crippen LogP contribution in [0.5, 0.6) is 5.75 Å². The van der Waals surface area contributed by atoms with E-state index in [2.05, 4.69) is 16.9 Å². The highest BCUT2D eigenvalue weighted by Crippen LogP contribution is 2.22. The van der Waals surface area contributed by atoms with Crippen molar-refractivity contribution in [1.29, 1.82) is 0 Å². The van der Waals surface area contributed by atoms with Crippen LogP contribution in [-0.2, 0) is 17.9 Å². The Kier molecular flexibility index (Phi) is 5.46. The van der Waals surface area contributed by atoms with Gasteiger partial charge in [0.1, 0.15) is 18.1 Å². The zero-order valence-corrected chi connectivity index (χ0v) is 15.0. The van der Waals surface area contributed by atoms with E-state index >= 15 is 0 Å². The molecule has 2 heterocycles. The Morgan fingerprint density at radius 1 is 1.15 bits per heavy atom. The van der Waals surface area contributed by atoms with Gasteiger partial charge in [-0.1, -0.05) is 13.0 Å². The zero-order chi connectivity index (χ0) is 18.5. The van der Waals surface area contributed by atoms with Gasteiger partial charge in [0, 0.05) is 12.4 Å².